The molecule has 1 atom stereocenters. The predicted molar refractivity (Wildman–Crippen MR) is 82.5 cm³/mol. The molecule has 0 saturated heterocycles. The summed E-state index contributed by atoms with van der Waals surface area (Å²) in [6.07, 6.45) is 5.87. The number of rotatable bonds is 9. The Morgan fingerprint density at radius 3 is 2.00 bits per heavy atom. The van der Waals surface area contributed by atoms with Gasteiger partial charge in [-0.2, -0.15) is 0 Å². The van der Waals surface area contributed by atoms with Crippen molar-refractivity contribution in [3.8, 4) is 5.75 Å². The molecule has 19 heavy (non-hydrogen) atoms. The Morgan fingerprint density at radius 2 is 1.53 bits per heavy atom. The number of ether oxygens (including phenoxy) is 1. The van der Waals surface area contributed by atoms with E-state index in [0.29, 0.717) is 5.92 Å². The van der Waals surface area contributed by atoms with Crippen molar-refractivity contribution in [3.63, 3.8) is 0 Å². The zero-order valence-corrected chi connectivity index (χ0v) is 12.7. The van der Waals surface area contributed by atoms with E-state index in [2.05, 4.69) is 32.9 Å². The van der Waals surface area contributed by atoms with E-state index in [4.69, 9.17) is 10.5 Å². The highest BCUT2D eigenvalue weighted by molar-refractivity contribution is 5.29. The molecule has 0 amide bonds. The Bertz CT molecular complexity index is 328. The third-order valence-electron chi connectivity index (χ3n) is 3.56. The molecule has 0 saturated carbocycles. The van der Waals surface area contributed by atoms with Crippen LogP contribution < -0.4 is 10.5 Å². The largest absolute Gasteiger partial charge is 0.494 e. The van der Waals surface area contributed by atoms with Gasteiger partial charge in [-0.1, -0.05) is 45.7 Å². The van der Waals surface area contributed by atoms with Gasteiger partial charge in [-0.25, -0.2) is 0 Å². The van der Waals surface area contributed by atoms with Crippen molar-refractivity contribution in [3.05, 3.63) is 29.8 Å². The number of hydrogen-bond donors (Lipinski definition) is 1. The predicted octanol–water partition coefficient (Wildman–Crippen LogP) is 4.69. The maximum atomic E-state index is 6.42. The SMILES string of the molecule is CCCOc1ccc(C(N)C(CCC)CCC)cc1. The molecule has 0 aromatic heterocycles. The van der Waals surface area contributed by atoms with Gasteiger partial charge in [-0.3, -0.25) is 0 Å². The van der Waals surface area contributed by atoms with Crippen molar-refractivity contribution in [2.45, 2.75) is 58.9 Å². The average molecular weight is 263 g/mol. The second-order valence-electron chi connectivity index (χ2n) is 5.28. The molecule has 0 aliphatic heterocycles. The van der Waals surface area contributed by atoms with Gasteiger partial charge in [0.2, 0.25) is 0 Å². The van der Waals surface area contributed by atoms with Gasteiger partial charge in [-0.05, 0) is 42.9 Å². The summed E-state index contributed by atoms with van der Waals surface area (Å²) >= 11 is 0. The first-order chi connectivity index (χ1) is 9.22. The summed E-state index contributed by atoms with van der Waals surface area (Å²) in [7, 11) is 0. The summed E-state index contributed by atoms with van der Waals surface area (Å²) in [5.41, 5.74) is 7.65. The molecule has 0 aliphatic carbocycles. The van der Waals surface area contributed by atoms with Gasteiger partial charge >= 0.3 is 0 Å². The summed E-state index contributed by atoms with van der Waals surface area (Å²) < 4.78 is 5.60. The van der Waals surface area contributed by atoms with Crippen LogP contribution in [0.4, 0.5) is 0 Å². The lowest BCUT2D eigenvalue weighted by atomic mass is 9.87. The Hall–Kier alpha value is -1.02. The molecule has 2 N–H and O–H groups in total. The van der Waals surface area contributed by atoms with Crippen LogP contribution in [0, 0.1) is 5.92 Å². The highest BCUT2D eigenvalue weighted by atomic mass is 16.5. The maximum Gasteiger partial charge on any atom is 0.119 e. The minimum absolute atomic E-state index is 0.153. The van der Waals surface area contributed by atoms with Gasteiger partial charge in [0.15, 0.2) is 0 Å². The van der Waals surface area contributed by atoms with E-state index < -0.39 is 0 Å². The second-order valence-corrected chi connectivity index (χ2v) is 5.28. The third-order valence-corrected chi connectivity index (χ3v) is 3.56. The van der Waals surface area contributed by atoms with Crippen molar-refractivity contribution >= 4 is 0 Å². The molecular weight excluding hydrogens is 234 g/mol. The lowest BCUT2D eigenvalue weighted by Crippen LogP contribution is -2.21. The minimum Gasteiger partial charge on any atom is -0.494 e. The lowest BCUT2D eigenvalue weighted by Gasteiger charge is -2.23. The summed E-state index contributed by atoms with van der Waals surface area (Å²) in [4.78, 5) is 0. The molecule has 2 heteroatoms. The Balaban J connectivity index is 2.66. The first kappa shape index (κ1) is 16.0. The van der Waals surface area contributed by atoms with Gasteiger partial charge < -0.3 is 10.5 Å². The molecule has 0 fully saturated rings. The normalized spacial score (nSPS) is 12.7. The molecule has 0 heterocycles. The van der Waals surface area contributed by atoms with Gasteiger partial charge in [0, 0.05) is 6.04 Å². The first-order valence-corrected chi connectivity index (χ1v) is 7.71. The van der Waals surface area contributed by atoms with Crippen LogP contribution >= 0.6 is 0 Å². The molecule has 0 radical (unpaired) electrons. The summed E-state index contributed by atoms with van der Waals surface area (Å²) in [5.74, 6) is 1.54. The number of hydrogen-bond acceptors (Lipinski definition) is 2. The molecule has 0 aliphatic rings. The average Bonchev–Trinajstić information content (AvgIpc) is 2.44. The van der Waals surface area contributed by atoms with Crippen LogP contribution in [0.2, 0.25) is 0 Å². The van der Waals surface area contributed by atoms with Crippen molar-refractivity contribution in [2.75, 3.05) is 6.61 Å². The molecule has 1 unspecified atom stereocenters. The molecule has 0 bridgehead atoms. The zero-order valence-electron chi connectivity index (χ0n) is 12.7. The molecule has 2 nitrogen and oxygen atoms in total. The fourth-order valence-corrected chi connectivity index (χ4v) is 2.52. The van der Waals surface area contributed by atoms with Crippen molar-refractivity contribution in [2.24, 2.45) is 11.7 Å². The minimum atomic E-state index is 0.153. The van der Waals surface area contributed by atoms with E-state index in [1.54, 1.807) is 0 Å². The van der Waals surface area contributed by atoms with Gasteiger partial charge in [0.05, 0.1) is 6.61 Å². The topological polar surface area (TPSA) is 35.2 Å². The number of benzene rings is 1. The van der Waals surface area contributed by atoms with Crippen LogP contribution in [0.1, 0.15) is 64.5 Å². The van der Waals surface area contributed by atoms with Gasteiger partial charge in [0.25, 0.3) is 0 Å². The molecular formula is C17H29NO. The third kappa shape index (κ3) is 5.23. The molecule has 0 spiro atoms. The first-order valence-electron chi connectivity index (χ1n) is 7.71. The standard InChI is InChI=1S/C17H29NO/c1-4-7-14(8-5-2)17(18)15-9-11-16(12-10-15)19-13-6-3/h9-12,14,17H,4-8,13,18H2,1-3H3. The fraction of sp³-hybridized carbons (Fsp3) is 0.647. The highest BCUT2D eigenvalue weighted by Crippen LogP contribution is 2.28. The molecule has 1 rings (SSSR count). The van der Waals surface area contributed by atoms with Crippen LogP contribution in [0.3, 0.4) is 0 Å². The molecule has 1 aromatic rings. The zero-order chi connectivity index (χ0) is 14.1. The van der Waals surface area contributed by atoms with Gasteiger partial charge in [0.1, 0.15) is 5.75 Å². The van der Waals surface area contributed by atoms with Crippen molar-refractivity contribution < 1.29 is 4.74 Å². The van der Waals surface area contributed by atoms with E-state index in [1.807, 2.05) is 12.1 Å². The lowest BCUT2D eigenvalue weighted by molar-refractivity contribution is 0.317. The molecule has 1 aromatic carbocycles. The van der Waals surface area contributed by atoms with Gasteiger partial charge in [-0.15, -0.1) is 0 Å². The Morgan fingerprint density at radius 1 is 0.947 bits per heavy atom. The fourth-order valence-electron chi connectivity index (χ4n) is 2.52. The summed E-state index contributed by atoms with van der Waals surface area (Å²) in [6, 6.07) is 8.47. The monoisotopic (exact) mass is 263 g/mol. The highest BCUT2D eigenvalue weighted by Gasteiger charge is 2.17. The van der Waals surface area contributed by atoms with Crippen molar-refractivity contribution in [1.29, 1.82) is 0 Å². The van der Waals surface area contributed by atoms with Crippen LogP contribution in [-0.2, 0) is 0 Å². The van der Waals surface area contributed by atoms with E-state index >= 15 is 0 Å². The van der Waals surface area contributed by atoms with E-state index in [1.165, 1.54) is 31.2 Å². The summed E-state index contributed by atoms with van der Waals surface area (Å²) in [5, 5.41) is 0. The smallest absolute Gasteiger partial charge is 0.119 e. The maximum absolute atomic E-state index is 6.42. The summed E-state index contributed by atoms with van der Waals surface area (Å²) in [6.45, 7) is 7.36. The van der Waals surface area contributed by atoms with E-state index in [0.717, 1.165) is 18.8 Å². The second kappa shape index (κ2) is 8.98. The quantitative estimate of drug-likeness (QED) is 0.701. The van der Waals surface area contributed by atoms with Crippen LogP contribution in [0.25, 0.3) is 0 Å². The van der Waals surface area contributed by atoms with E-state index in [9.17, 15) is 0 Å². The van der Waals surface area contributed by atoms with Crippen LogP contribution in [0.15, 0.2) is 24.3 Å². The molecule has 108 valence electrons. The van der Waals surface area contributed by atoms with E-state index in [-0.39, 0.29) is 6.04 Å². The van der Waals surface area contributed by atoms with Crippen LogP contribution in [0.5, 0.6) is 5.75 Å². The van der Waals surface area contributed by atoms with Crippen LogP contribution in [-0.4, -0.2) is 6.61 Å². The Kier molecular flexibility index (Phi) is 7.57. The number of nitrogens with two attached hydrogens (primary N) is 1. The Labute approximate surface area is 118 Å². The van der Waals surface area contributed by atoms with Crippen molar-refractivity contribution in [1.82, 2.24) is 0 Å².